The number of primary amides is 1. The van der Waals surface area contributed by atoms with Crippen molar-refractivity contribution in [3.63, 3.8) is 0 Å². The maximum atomic E-state index is 15.5. The van der Waals surface area contributed by atoms with Gasteiger partial charge in [-0.25, -0.2) is 13.2 Å². The van der Waals surface area contributed by atoms with Crippen LogP contribution in [0.25, 0.3) is 11.3 Å². The average Bonchev–Trinajstić information content (AvgIpc) is 3.88. The summed E-state index contributed by atoms with van der Waals surface area (Å²) < 4.78 is 143. The van der Waals surface area contributed by atoms with Gasteiger partial charge in [0, 0.05) is 30.8 Å². The van der Waals surface area contributed by atoms with Gasteiger partial charge >= 0.3 is 12.4 Å². The number of alkyl halides is 6. The molecule has 4 N–H and O–H groups in total. The third-order valence-electron chi connectivity index (χ3n) is 12.3. The number of anilines is 2. The molecule has 6 rings (SSSR count). The van der Waals surface area contributed by atoms with Gasteiger partial charge in [-0.05, 0) is 105 Å². The molecule has 1 aromatic heterocycles. The second-order valence-electron chi connectivity index (χ2n) is 19.0. The number of nitrogens with two attached hydrogens (primary N) is 1. The fourth-order valence-corrected chi connectivity index (χ4v) is 8.98. The average molecular weight is 1080 g/mol. The van der Waals surface area contributed by atoms with Gasteiger partial charge in [-0.2, -0.15) is 31.6 Å². The van der Waals surface area contributed by atoms with E-state index in [2.05, 4.69) is 15.6 Å². The highest BCUT2D eigenvalue weighted by atomic mass is 32.1. The number of halogens is 9. The first kappa shape index (κ1) is 57.0. The molecule has 0 bridgehead atoms. The highest BCUT2D eigenvalue weighted by Gasteiger charge is 2.53. The van der Waals surface area contributed by atoms with Crippen molar-refractivity contribution in [2.45, 2.75) is 96.8 Å². The van der Waals surface area contributed by atoms with E-state index in [4.69, 9.17) is 32.7 Å². The summed E-state index contributed by atoms with van der Waals surface area (Å²) >= 11 is 5.32. The summed E-state index contributed by atoms with van der Waals surface area (Å²) in [4.78, 5) is 71.4. The predicted molar refractivity (Wildman–Crippen MR) is 256 cm³/mol. The van der Waals surface area contributed by atoms with Crippen molar-refractivity contribution in [1.29, 1.82) is 5.26 Å². The molecule has 0 aliphatic carbocycles. The maximum Gasteiger partial charge on any atom is 0.420 e. The molecule has 0 radical (unpaired) electrons. The predicted octanol–water partition coefficient (Wildman–Crippen LogP) is 8.10. The molecule has 75 heavy (non-hydrogen) atoms. The number of nitriles is 1. The lowest BCUT2D eigenvalue weighted by Gasteiger charge is -2.35. The zero-order chi connectivity index (χ0) is 55.5. The number of amides is 5. The van der Waals surface area contributed by atoms with Gasteiger partial charge in [-0.15, -0.1) is 0 Å². The number of pyridine rings is 1. The van der Waals surface area contributed by atoms with Crippen molar-refractivity contribution in [1.82, 2.24) is 20.5 Å². The Morgan fingerprint density at radius 1 is 0.947 bits per heavy atom. The zero-order valence-corrected chi connectivity index (χ0v) is 41.6. The van der Waals surface area contributed by atoms with Crippen LogP contribution in [-0.2, 0) is 42.8 Å². The third-order valence-corrected chi connectivity index (χ3v) is 12.6. The summed E-state index contributed by atoms with van der Waals surface area (Å²) in [6.45, 7) is 7.14. The Kier molecular flexibility index (Phi) is 16.9. The second-order valence-corrected chi connectivity index (χ2v) is 19.4. The minimum Gasteiger partial charge on any atom is -0.488 e. The van der Waals surface area contributed by atoms with Crippen LogP contribution in [0.5, 0.6) is 5.75 Å². The van der Waals surface area contributed by atoms with Gasteiger partial charge in [0.05, 0.1) is 47.1 Å². The quantitative estimate of drug-likeness (QED) is 0.0524. The van der Waals surface area contributed by atoms with Crippen molar-refractivity contribution < 1.29 is 73.0 Å². The van der Waals surface area contributed by atoms with E-state index in [1.54, 1.807) is 32.9 Å². The molecule has 0 spiro atoms. The number of carbonyl (C=O) groups excluding carboxylic acids is 5. The SMILES string of the molecule is CC(C)(C)C(NC(=O)COCCCCOc1c(F)cc(-c2ncc(N3C(=S)N(c4ccc(C#N)c(C(F)(F)F)c4F)C(=O)C3(C)C)cc2C(F)(F)F)cc1F)C(=O)N1CCCC1C(=O)NCc1ccc(C(N)=O)cc1. The van der Waals surface area contributed by atoms with E-state index in [-0.39, 0.29) is 45.1 Å². The van der Waals surface area contributed by atoms with E-state index in [1.165, 1.54) is 23.1 Å². The van der Waals surface area contributed by atoms with E-state index in [0.29, 0.717) is 59.2 Å². The van der Waals surface area contributed by atoms with Crippen LogP contribution in [0.2, 0.25) is 0 Å². The fourth-order valence-electron chi connectivity index (χ4n) is 8.46. The van der Waals surface area contributed by atoms with Gasteiger partial charge in [0.2, 0.25) is 23.6 Å². The molecule has 0 saturated carbocycles. The number of unbranched alkanes of at least 4 members (excludes halogenated alkanes) is 1. The molecule has 15 nitrogen and oxygen atoms in total. The number of thiocarbonyl (C=S) groups is 1. The van der Waals surface area contributed by atoms with E-state index < -0.39 is 133 Å². The topological polar surface area (TPSA) is 200 Å². The monoisotopic (exact) mass is 1080 g/mol. The van der Waals surface area contributed by atoms with Crippen molar-refractivity contribution in [2.24, 2.45) is 11.1 Å². The Hall–Kier alpha value is -7.33. The number of carbonyl (C=O) groups is 5. The van der Waals surface area contributed by atoms with Crippen LogP contribution in [0, 0.1) is 34.2 Å². The van der Waals surface area contributed by atoms with Crippen LogP contribution < -0.4 is 30.9 Å². The minimum absolute atomic E-state index is 0.0346. The molecular formula is C50H49F9N8O7S. The summed E-state index contributed by atoms with van der Waals surface area (Å²) in [6.07, 6.45) is -8.61. The molecule has 2 unspecified atom stereocenters. The maximum absolute atomic E-state index is 15.5. The highest BCUT2D eigenvalue weighted by molar-refractivity contribution is 7.81. The van der Waals surface area contributed by atoms with Gasteiger partial charge in [0.15, 0.2) is 28.3 Å². The summed E-state index contributed by atoms with van der Waals surface area (Å²) in [5.41, 5.74) is -4.35. The van der Waals surface area contributed by atoms with E-state index >= 15 is 13.2 Å². The van der Waals surface area contributed by atoms with Gasteiger partial charge in [-0.3, -0.25) is 33.9 Å². The molecule has 2 fully saturated rings. The van der Waals surface area contributed by atoms with Crippen LogP contribution in [0.4, 0.5) is 50.9 Å². The van der Waals surface area contributed by atoms with E-state index in [1.807, 2.05) is 0 Å². The highest BCUT2D eigenvalue weighted by Crippen LogP contribution is 2.45. The first-order valence-electron chi connectivity index (χ1n) is 23.0. The molecule has 25 heteroatoms. The van der Waals surface area contributed by atoms with Crippen molar-refractivity contribution in [2.75, 3.05) is 36.2 Å². The number of likely N-dealkylation sites (tertiary alicyclic amines) is 1. The molecule has 4 aromatic rings. The Morgan fingerprint density at radius 2 is 1.59 bits per heavy atom. The standard InChI is InChI=1S/C50H49F9N8O7S/c1-47(2,3)41(44(71)65-16-8-9-35(65)43(70)63-23-26-10-12-27(13-11-26)42(61)69)64-36(68)25-73-17-6-7-18-74-40-32(51)19-29(20-33(40)52)39-31(49(54,55)56)21-30(24-62-39)67-46(75)66(45(72)48(67,4)5)34-15-14-28(22-60)37(38(34)53)50(57,58)59/h10-15,19-21,24,35,41H,6-9,16-18,23,25H2,1-5H3,(H2,61,69)(H,63,70)(H,64,68). The Morgan fingerprint density at radius 3 is 2.17 bits per heavy atom. The van der Waals surface area contributed by atoms with Gasteiger partial charge in [-0.1, -0.05) is 32.9 Å². The molecule has 3 heterocycles. The van der Waals surface area contributed by atoms with Crippen LogP contribution in [0.3, 0.4) is 0 Å². The first-order valence-corrected chi connectivity index (χ1v) is 23.4. The largest absolute Gasteiger partial charge is 0.488 e. The Labute approximate surface area is 429 Å². The van der Waals surface area contributed by atoms with Gasteiger partial charge < -0.3 is 35.6 Å². The molecule has 2 atom stereocenters. The summed E-state index contributed by atoms with van der Waals surface area (Å²) in [7, 11) is 0. The molecule has 2 aliphatic rings. The van der Waals surface area contributed by atoms with Gasteiger partial charge in [0.25, 0.3) is 5.91 Å². The van der Waals surface area contributed by atoms with Crippen LogP contribution >= 0.6 is 12.2 Å². The molecular weight excluding hydrogens is 1030 g/mol. The number of rotatable bonds is 17. The van der Waals surface area contributed by atoms with Gasteiger partial charge in [0.1, 0.15) is 29.8 Å². The lowest BCUT2D eigenvalue weighted by molar-refractivity contribution is -0.144. The number of benzene rings is 3. The lowest BCUT2D eigenvalue weighted by atomic mass is 9.85. The summed E-state index contributed by atoms with van der Waals surface area (Å²) in [5.74, 6) is -8.99. The van der Waals surface area contributed by atoms with Crippen LogP contribution in [-0.4, -0.2) is 88.5 Å². The van der Waals surface area contributed by atoms with Crippen molar-refractivity contribution >= 4 is 58.2 Å². The third kappa shape index (κ3) is 12.4. The lowest BCUT2D eigenvalue weighted by Crippen LogP contribution is -2.58. The number of nitrogens with zero attached hydrogens (tertiary/aromatic N) is 5. The zero-order valence-electron chi connectivity index (χ0n) is 40.8. The van der Waals surface area contributed by atoms with E-state index in [0.717, 1.165) is 24.9 Å². The van der Waals surface area contributed by atoms with Crippen molar-refractivity contribution in [3.8, 4) is 23.1 Å². The molecule has 2 saturated heterocycles. The van der Waals surface area contributed by atoms with Crippen LogP contribution in [0.1, 0.15) is 92.9 Å². The second kappa shape index (κ2) is 22.3. The van der Waals surface area contributed by atoms with Crippen molar-refractivity contribution in [3.05, 3.63) is 106 Å². The Balaban J connectivity index is 1.04. The Bertz CT molecular complexity index is 2920. The normalized spacial score (nSPS) is 16.2. The van der Waals surface area contributed by atoms with E-state index in [9.17, 15) is 50.3 Å². The smallest absolute Gasteiger partial charge is 0.420 e. The molecule has 3 aromatic carbocycles. The molecule has 2 aliphatic heterocycles. The minimum atomic E-state index is -5.39. The summed E-state index contributed by atoms with van der Waals surface area (Å²) in [6, 6.07) is 8.59. The van der Waals surface area contributed by atoms with Crippen LogP contribution in [0.15, 0.2) is 60.8 Å². The molecule has 5 amide bonds. The number of nitrogens with one attached hydrogen (secondary N) is 2. The fraction of sp³-hybridized carbons (Fsp3) is 0.400. The number of hydrogen-bond donors (Lipinski definition) is 3. The summed E-state index contributed by atoms with van der Waals surface area (Å²) in [5, 5.41) is 13.9. The number of aromatic nitrogens is 1. The first-order chi connectivity index (χ1) is 35.0. The number of hydrogen-bond acceptors (Lipinski definition) is 10. The number of ether oxygens (including phenoxy) is 2. The molecule has 400 valence electrons.